The van der Waals surface area contributed by atoms with Crippen molar-refractivity contribution in [3.8, 4) is 0 Å². The topological polar surface area (TPSA) is 222 Å². The Hall–Kier alpha value is -4.68. The van der Waals surface area contributed by atoms with Crippen LogP contribution >= 0.6 is 22.5 Å². The molecule has 15 nitrogen and oxygen atoms in total. The van der Waals surface area contributed by atoms with Gasteiger partial charge in [0.1, 0.15) is 16.6 Å². The molecule has 4 rings (SSSR count). The van der Waals surface area contributed by atoms with Gasteiger partial charge >= 0.3 is 5.69 Å². The van der Waals surface area contributed by atoms with Gasteiger partial charge in [-0.2, -0.15) is 19.3 Å². The minimum absolute atomic E-state index is 0.0275. The molecule has 1 heterocycles. The maximum absolute atomic E-state index is 14.1. The van der Waals surface area contributed by atoms with Crippen molar-refractivity contribution in [1.29, 1.82) is 0 Å². The Labute approximate surface area is 230 Å². The van der Waals surface area contributed by atoms with Gasteiger partial charge in [-0.05, 0) is 66.6 Å². The Kier molecular flexibility index (Phi) is 7.93. The zero-order valence-corrected chi connectivity index (χ0v) is 21.6. The molecule has 6 N–H and O–H groups in total. The number of nitro groups is 2. The summed E-state index contributed by atoms with van der Waals surface area (Å²) in [4.78, 5) is 32.5. The third kappa shape index (κ3) is 6.65. The number of halogens is 2. The third-order valence-electron chi connectivity index (χ3n) is 5.21. The van der Waals surface area contributed by atoms with E-state index in [0.717, 1.165) is 0 Å². The molecule has 0 amide bonds. The normalized spacial score (nSPS) is 11.6. The second kappa shape index (κ2) is 11.2. The number of nitrogens with zero attached hydrogens (tertiary/aromatic N) is 5. The highest BCUT2D eigenvalue weighted by atomic mass is 35.5. The highest BCUT2D eigenvalue weighted by molar-refractivity contribution is 8.19. The van der Waals surface area contributed by atoms with Crippen LogP contribution in [0.15, 0.2) is 59.5 Å². The number of aryl methyl sites for hydroxylation is 1. The first-order chi connectivity index (χ1) is 18.8. The molecule has 0 aliphatic heterocycles. The number of rotatable bonds is 9. The predicted octanol–water partition coefficient (Wildman–Crippen LogP) is 6.60. The van der Waals surface area contributed by atoms with Gasteiger partial charge in [-0.1, -0.05) is 0 Å². The molecule has 40 heavy (non-hydrogen) atoms. The average Bonchev–Trinajstić information content (AvgIpc) is 2.84. The van der Waals surface area contributed by atoms with Crippen LogP contribution in [0.25, 0.3) is 0 Å². The largest absolute Gasteiger partial charge is 0.350 e. The molecule has 0 fully saturated rings. The number of aromatic nitrogens is 3. The molecule has 0 saturated carbocycles. The van der Waals surface area contributed by atoms with Crippen molar-refractivity contribution in [2.45, 2.75) is 11.8 Å². The quantitative estimate of drug-likeness (QED) is 0.0890. The Bertz CT molecular complexity index is 1620. The summed E-state index contributed by atoms with van der Waals surface area (Å²) in [5.74, 6) is -1.13. The standard InChI is InChI=1S/C22H18ClFN8O7S/c1-11-8-14(6-7-19(11)40(37,38)39)27-22-29-20(23)28-21(30-22)26-13-4-2-12(3-5-13)25-16-9-15(24)17(31(33)34)10-18(16)32(35)36/h2-10,25,37-39H,1H3,(H2,26,27,28,29,30). The lowest BCUT2D eigenvalue weighted by molar-refractivity contribution is -0.395. The molecule has 208 valence electrons. The van der Waals surface area contributed by atoms with Gasteiger partial charge < -0.3 is 29.6 Å². The second-order valence-electron chi connectivity index (χ2n) is 8.04. The van der Waals surface area contributed by atoms with Crippen LogP contribution in [0.2, 0.25) is 5.28 Å². The Balaban J connectivity index is 1.50. The van der Waals surface area contributed by atoms with Crippen molar-refractivity contribution in [2.75, 3.05) is 16.0 Å². The van der Waals surface area contributed by atoms with Crippen LogP contribution in [0.1, 0.15) is 5.56 Å². The molecule has 18 heteroatoms. The Morgan fingerprint density at radius 2 is 1.32 bits per heavy atom. The molecule has 0 saturated heterocycles. The molecular formula is C22H18ClFN8O7S. The minimum Gasteiger partial charge on any atom is -0.350 e. The second-order valence-corrected chi connectivity index (χ2v) is 9.85. The summed E-state index contributed by atoms with van der Waals surface area (Å²) in [5.41, 5.74) is -0.317. The number of hydrogen-bond donors (Lipinski definition) is 6. The smallest absolute Gasteiger partial charge is 0.311 e. The Morgan fingerprint density at radius 3 is 1.85 bits per heavy atom. The van der Waals surface area contributed by atoms with E-state index in [1.165, 1.54) is 30.3 Å². The van der Waals surface area contributed by atoms with Gasteiger partial charge in [-0.25, -0.2) is 0 Å². The highest BCUT2D eigenvalue weighted by Gasteiger charge is 2.25. The van der Waals surface area contributed by atoms with Crippen molar-refractivity contribution < 1.29 is 27.9 Å². The van der Waals surface area contributed by atoms with E-state index < -0.39 is 37.9 Å². The molecule has 0 spiro atoms. The molecule has 0 aliphatic rings. The number of nitro benzene ring substituents is 2. The van der Waals surface area contributed by atoms with Crippen LogP contribution in [-0.4, -0.2) is 38.5 Å². The van der Waals surface area contributed by atoms with E-state index in [4.69, 9.17) is 11.6 Å². The van der Waals surface area contributed by atoms with Gasteiger partial charge in [0, 0.05) is 23.1 Å². The zero-order chi connectivity index (χ0) is 29.2. The fourth-order valence-corrected chi connectivity index (χ4v) is 4.39. The number of hydrogen-bond acceptors (Lipinski definition) is 13. The SMILES string of the molecule is Cc1cc(Nc2nc(Cl)nc(Nc3ccc(Nc4cc(F)c([N+](=O)[O-])cc4[N+](=O)[O-])cc3)n2)ccc1S(O)(O)O. The maximum atomic E-state index is 14.1. The maximum Gasteiger partial charge on any atom is 0.311 e. The van der Waals surface area contributed by atoms with Crippen LogP contribution in [-0.2, 0) is 0 Å². The molecule has 0 atom stereocenters. The summed E-state index contributed by atoms with van der Waals surface area (Å²) in [5, 5.41) is 30.6. The zero-order valence-electron chi connectivity index (χ0n) is 20.1. The van der Waals surface area contributed by atoms with Gasteiger partial charge in [0.15, 0.2) is 0 Å². The molecule has 0 radical (unpaired) electrons. The van der Waals surface area contributed by atoms with Crippen LogP contribution in [0.5, 0.6) is 0 Å². The van der Waals surface area contributed by atoms with Crippen LogP contribution in [0, 0.1) is 33.0 Å². The van der Waals surface area contributed by atoms with E-state index in [1.54, 1.807) is 19.1 Å². The van der Waals surface area contributed by atoms with Crippen molar-refractivity contribution in [1.82, 2.24) is 15.0 Å². The van der Waals surface area contributed by atoms with Crippen LogP contribution < -0.4 is 16.0 Å². The monoisotopic (exact) mass is 592 g/mol. The van der Waals surface area contributed by atoms with Gasteiger partial charge in [-0.3, -0.25) is 20.2 Å². The van der Waals surface area contributed by atoms with Crippen molar-refractivity contribution in [2.24, 2.45) is 0 Å². The summed E-state index contributed by atoms with van der Waals surface area (Å²) in [6.45, 7) is 1.58. The van der Waals surface area contributed by atoms with Crippen LogP contribution in [0.3, 0.4) is 0 Å². The van der Waals surface area contributed by atoms with Crippen molar-refractivity contribution >= 4 is 68.5 Å². The lowest BCUT2D eigenvalue weighted by Gasteiger charge is -2.21. The molecule has 0 bridgehead atoms. The average molecular weight is 593 g/mol. The Morgan fingerprint density at radius 1 is 0.800 bits per heavy atom. The fourth-order valence-electron chi connectivity index (χ4n) is 3.49. The summed E-state index contributed by atoms with van der Waals surface area (Å²) in [6.07, 6.45) is 0. The van der Waals surface area contributed by atoms with E-state index in [-0.39, 0.29) is 27.8 Å². The van der Waals surface area contributed by atoms with Gasteiger partial charge in [-0.15, -0.1) is 0 Å². The first-order valence-corrected chi connectivity index (χ1v) is 12.7. The van der Waals surface area contributed by atoms with Crippen molar-refractivity contribution in [3.63, 3.8) is 0 Å². The fraction of sp³-hybridized carbons (Fsp3) is 0.0455. The number of benzene rings is 3. The molecule has 1 aromatic heterocycles. The van der Waals surface area contributed by atoms with E-state index >= 15 is 0 Å². The van der Waals surface area contributed by atoms with E-state index in [2.05, 4.69) is 30.9 Å². The summed E-state index contributed by atoms with van der Waals surface area (Å²) in [6, 6.07) is 11.7. The third-order valence-corrected chi connectivity index (χ3v) is 6.43. The van der Waals surface area contributed by atoms with E-state index in [9.17, 15) is 38.3 Å². The van der Waals surface area contributed by atoms with Gasteiger partial charge in [0.25, 0.3) is 5.69 Å². The van der Waals surface area contributed by atoms with Gasteiger partial charge in [0.2, 0.25) is 23.0 Å². The van der Waals surface area contributed by atoms with Crippen molar-refractivity contribution in [3.05, 3.63) is 91.5 Å². The molecule has 0 unspecified atom stereocenters. The highest BCUT2D eigenvalue weighted by Crippen LogP contribution is 2.45. The lowest BCUT2D eigenvalue weighted by atomic mass is 10.2. The van der Waals surface area contributed by atoms with E-state index in [1.807, 2.05) is 0 Å². The predicted molar refractivity (Wildman–Crippen MR) is 146 cm³/mol. The lowest BCUT2D eigenvalue weighted by Crippen LogP contribution is -2.05. The first-order valence-electron chi connectivity index (χ1n) is 10.9. The van der Waals surface area contributed by atoms with Crippen LogP contribution in [0.4, 0.5) is 50.4 Å². The summed E-state index contributed by atoms with van der Waals surface area (Å²) >= 11 is 6.02. The number of anilines is 6. The molecular weight excluding hydrogens is 575 g/mol. The molecule has 4 aromatic rings. The summed E-state index contributed by atoms with van der Waals surface area (Å²) < 4.78 is 42.5. The molecule has 0 aliphatic carbocycles. The minimum atomic E-state index is -3.88. The number of nitrogens with one attached hydrogen (secondary N) is 3. The van der Waals surface area contributed by atoms with Gasteiger partial charge in [0.05, 0.1) is 20.8 Å². The molecule has 3 aromatic carbocycles. The van der Waals surface area contributed by atoms with E-state index in [0.29, 0.717) is 34.8 Å². The first kappa shape index (κ1) is 28.3. The summed E-state index contributed by atoms with van der Waals surface area (Å²) in [7, 11) is -3.88.